The maximum Gasteiger partial charge on any atom is 0.235 e. The molecule has 3 heterocycles. The molecule has 4 rings (SSSR count). The number of ether oxygens (including phenoxy) is 1. The highest BCUT2D eigenvalue weighted by atomic mass is 32.2. The highest BCUT2D eigenvalue weighted by Gasteiger charge is 2.38. The number of piperidine rings is 1. The predicted octanol–water partition coefficient (Wildman–Crippen LogP) is 3.99. The van der Waals surface area contributed by atoms with Gasteiger partial charge in [-0.3, -0.25) is 9.65 Å². The number of rotatable bonds is 10. The van der Waals surface area contributed by atoms with E-state index in [0.717, 1.165) is 48.7 Å². The lowest BCUT2D eigenvalue weighted by Crippen LogP contribution is -2.52. The fourth-order valence-corrected chi connectivity index (χ4v) is 5.65. The van der Waals surface area contributed by atoms with E-state index in [9.17, 15) is 8.76 Å². The number of hydrogen-bond donors (Lipinski definition) is 4. The second-order valence-corrected chi connectivity index (χ2v) is 9.61. The summed E-state index contributed by atoms with van der Waals surface area (Å²) in [5.41, 5.74) is 1.78. The Labute approximate surface area is 202 Å². The Morgan fingerprint density at radius 2 is 2.06 bits per heavy atom. The second kappa shape index (κ2) is 11.2. The van der Waals surface area contributed by atoms with Crippen molar-refractivity contribution < 1.29 is 13.5 Å². The number of hydrogen-bond acceptors (Lipinski definition) is 7. The van der Waals surface area contributed by atoms with E-state index in [0.29, 0.717) is 24.2 Å². The van der Waals surface area contributed by atoms with Gasteiger partial charge >= 0.3 is 0 Å². The number of aromatic amines is 1. The summed E-state index contributed by atoms with van der Waals surface area (Å²) in [5.74, 6) is 1.90. The van der Waals surface area contributed by atoms with Gasteiger partial charge in [0, 0.05) is 49.0 Å². The summed E-state index contributed by atoms with van der Waals surface area (Å²) >= 11 is -2.01. The molecule has 0 spiro atoms. The SMILES string of the molecule is CC[C@@H]1C[C@@H](Nc2nc(Nc3cc(C)[nH]n3)c3ccccc3n2)C[C@H](CCCOC)N1S(=O)O. The number of nitrogens with one attached hydrogen (secondary N) is 3. The van der Waals surface area contributed by atoms with Gasteiger partial charge in [-0.05, 0) is 51.2 Å². The standard InChI is InChI=1S/C23H33N7O3S/c1-4-17-13-16(14-18(8-7-11-33-3)30(17)34(31)32)24-23-25-20-10-6-5-9-19(20)22(27-23)26-21-12-15(2)28-29-21/h5-6,9-10,12,16-18H,4,7-8,11,13-14H2,1-3H3,(H,31,32)(H3,24,25,26,27,28,29)/t16-,17-,18+/m1/s1. The minimum Gasteiger partial charge on any atom is -0.385 e. The highest BCUT2D eigenvalue weighted by Crippen LogP contribution is 2.31. The number of nitrogens with zero attached hydrogens (tertiary/aromatic N) is 4. The number of benzene rings is 1. The molecule has 11 heteroatoms. The number of H-pyrrole nitrogens is 1. The zero-order valence-electron chi connectivity index (χ0n) is 19.8. The third kappa shape index (κ3) is 5.72. The van der Waals surface area contributed by atoms with Crippen molar-refractivity contribution in [3.8, 4) is 0 Å². The summed E-state index contributed by atoms with van der Waals surface area (Å²) in [4.78, 5) is 9.52. The molecule has 34 heavy (non-hydrogen) atoms. The monoisotopic (exact) mass is 487 g/mol. The Kier molecular flexibility index (Phi) is 8.09. The van der Waals surface area contributed by atoms with E-state index in [-0.39, 0.29) is 18.1 Å². The maximum absolute atomic E-state index is 12.1. The summed E-state index contributed by atoms with van der Waals surface area (Å²) in [5, 5.41) is 14.9. The van der Waals surface area contributed by atoms with Crippen molar-refractivity contribution in [3.05, 3.63) is 36.0 Å². The first kappa shape index (κ1) is 24.5. The van der Waals surface area contributed by atoms with Crippen LogP contribution in [0.15, 0.2) is 30.3 Å². The Morgan fingerprint density at radius 3 is 2.76 bits per heavy atom. The van der Waals surface area contributed by atoms with Crippen molar-refractivity contribution >= 4 is 39.8 Å². The molecule has 10 nitrogen and oxygen atoms in total. The molecule has 1 saturated heterocycles. The van der Waals surface area contributed by atoms with Gasteiger partial charge < -0.3 is 15.4 Å². The number of fused-ring (bicyclic) bond motifs is 1. The number of anilines is 3. The van der Waals surface area contributed by atoms with Gasteiger partial charge in [-0.2, -0.15) is 14.4 Å². The van der Waals surface area contributed by atoms with E-state index in [1.165, 1.54) is 0 Å². The zero-order chi connectivity index (χ0) is 24.1. The summed E-state index contributed by atoms with van der Waals surface area (Å²) in [6.45, 7) is 4.63. The van der Waals surface area contributed by atoms with E-state index >= 15 is 0 Å². The van der Waals surface area contributed by atoms with Gasteiger partial charge in [0.05, 0.1) is 5.52 Å². The molecular weight excluding hydrogens is 454 g/mol. The average molecular weight is 488 g/mol. The molecule has 4 atom stereocenters. The van der Waals surface area contributed by atoms with Crippen LogP contribution in [-0.2, 0) is 16.0 Å². The summed E-state index contributed by atoms with van der Waals surface area (Å²) in [6.07, 6.45) is 3.88. The van der Waals surface area contributed by atoms with Crippen molar-refractivity contribution in [3.63, 3.8) is 0 Å². The molecule has 0 bridgehead atoms. The first-order valence-electron chi connectivity index (χ1n) is 11.7. The van der Waals surface area contributed by atoms with Crippen molar-refractivity contribution in [1.29, 1.82) is 0 Å². The highest BCUT2D eigenvalue weighted by molar-refractivity contribution is 7.76. The van der Waals surface area contributed by atoms with Crippen molar-refractivity contribution in [2.24, 2.45) is 0 Å². The summed E-state index contributed by atoms with van der Waals surface area (Å²) in [7, 11) is 1.68. The molecule has 4 N–H and O–H groups in total. The molecule has 0 radical (unpaired) electrons. The normalized spacial score (nSPS) is 22.1. The molecular formula is C23H33N7O3S. The van der Waals surface area contributed by atoms with Crippen LogP contribution in [0, 0.1) is 6.92 Å². The molecule has 1 aliphatic heterocycles. The van der Waals surface area contributed by atoms with Gasteiger partial charge in [-0.1, -0.05) is 19.1 Å². The average Bonchev–Trinajstić information content (AvgIpc) is 3.23. The van der Waals surface area contributed by atoms with E-state index < -0.39 is 11.3 Å². The first-order chi connectivity index (χ1) is 16.5. The smallest absolute Gasteiger partial charge is 0.235 e. The van der Waals surface area contributed by atoms with Crippen LogP contribution in [0.1, 0.15) is 44.7 Å². The summed E-state index contributed by atoms with van der Waals surface area (Å²) in [6, 6.07) is 9.83. The minimum absolute atomic E-state index is 0.00490. The topological polar surface area (TPSA) is 128 Å². The largest absolute Gasteiger partial charge is 0.385 e. The fourth-order valence-electron chi connectivity index (χ4n) is 4.71. The number of aromatic nitrogens is 4. The molecule has 184 valence electrons. The van der Waals surface area contributed by atoms with E-state index in [4.69, 9.17) is 14.7 Å². The van der Waals surface area contributed by atoms with Gasteiger partial charge in [0.1, 0.15) is 5.82 Å². The van der Waals surface area contributed by atoms with E-state index in [1.54, 1.807) is 11.4 Å². The molecule has 1 fully saturated rings. The predicted molar refractivity (Wildman–Crippen MR) is 134 cm³/mol. The van der Waals surface area contributed by atoms with Crippen LogP contribution in [0.3, 0.4) is 0 Å². The third-order valence-corrected chi connectivity index (χ3v) is 7.22. The summed E-state index contributed by atoms with van der Waals surface area (Å²) < 4.78 is 29.1. The number of methoxy groups -OCH3 is 1. The van der Waals surface area contributed by atoms with Gasteiger partial charge in [0.2, 0.25) is 17.2 Å². The Bertz CT molecular complexity index is 1120. The van der Waals surface area contributed by atoms with Crippen LogP contribution in [0.25, 0.3) is 10.9 Å². The van der Waals surface area contributed by atoms with Gasteiger partial charge in [-0.15, -0.1) is 0 Å². The fraction of sp³-hybridized carbons (Fsp3) is 0.522. The van der Waals surface area contributed by atoms with Crippen LogP contribution in [0.2, 0.25) is 0 Å². The van der Waals surface area contributed by atoms with E-state index in [1.807, 2.05) is 37.3 Å². The first-order valence-corrected chi connectivity index (χ1v) is 12.8. The Morgan fingerprint density at radius 1 is 1.26 bits per heavy atom. The van der Waals surface area contributed by atoms with Crippen molar-refractivity contribution in [1.82, 2.24) is 24.5 Å². The second-order valence-electron chi connectivity index (χ2n) is 8.73. The molecule has 0 amide bonds. The van der Waals surface area contributed by atoms with Crippen molar-refractivity contribution in [2.45, 2.75) is 64.1 Å². The van der Waals surface area contributed by atoms with Gasteiger partial charge in [-0.25, -0.2) is 9.19 Å². The lowest BCUT2D eigenvalue weighted by molar-refractivity contribution is 0.135. The van der Waals surface area contributed by atoms with Crippen LogP contribution >= 0.6 is 0 Å². The Balaban J connectivity index is 1.58. The quantitative estimate of drug-likeness (QED) is 0.250. The van der Waals surface area contributed by atoms with Crippen LogP contribution < -0.4 is 10.6 Å². The number of para-hydroxylation sites is 1. The van der Waals surface area contributed by atoms with Crippen LogP contribution in [-0.4, -0.2) is 65.1 Å². The van der Waals surface area contributed by atoms with Crippen molar-refractivity contribution in [2.75, 3.05) is 24.4 Å². The Hall–Kier alpha value is -2.60. The molecule has 1 aromatic carbocycles. The molecule has 1 aliphatic rings. The van der Waals surface area contributed by atoms with Crippen LogP contribution in [0.5, 0.6) is 0 Å². The lowest BCUT2D eigenvalue weighted by atomic mass is 9.90. The molecule has 0 aliphatic carbocycles. The van der Waals surface area contributed by atoms with E-state index in [2.05, 4.69) is 27.8 Å². The molecule has 2 aromatic heterocycles. The third-order valence-electron chi connectivity index (χ3n) is 6.26. The van der Waals surface area contributed by atoms with Gasteiger partial charge in [0.25, 0.3) is 0 Å². The van der Waals surface area contributed by atoms with Gasteiger partial charge in [0.15, 0.2) is 5.82 Å². The number of aryl methyl sites for hydroxylation is 1. The van der Waals surface area contributed by atoms with Crippen LogP contribution in [0.4, 0.5) is 17.6 Å². The lowest BCUT2D eigenvalue weighted by Gasteiger charge is -2.42. The zero-order valence-corrected chi connectivity index (χ0v) is 20.6. The minimum atomic E-state index is -2.01. The molecule has 0 saturated carbocycles. The maximum atomic E-state index is 12.1. The molecule has 3 aromatic rings. The molecule has 1 unspecified atom stereocenters.